The summed E-state index contributed by atoms with van der Waals surface area (Å²) in [7, 11) is 1.38. The van der Waals surface area contributed by atoms with Crippen molar-refractivity contribution in [3.63, 3.8) is 0 Å². The molecule has 0 unspecified atom stereocenters. The summed E-state index contributed by atoms with van der Waals surface area (Å²) < 4.78 is 44.9. The van der Waals surface area contributed by atoms with Gasteiger partial charge in [-0.2, -0.15) is 0 Å². The molecule has 0 aliphatic rings. The van der Waals surface area contributed by atoms with Crippen molar-refractivity contribution in [3.05, 3.63) is 41.8 Å². The number of amides is 1. The van der Waals surface area contributed by atoms with E-state index >= 15 is 0 Å². The fourth-order valence-corrected chi connectivity index (χ4v) is 2.51. The molecule has 0 saturated heterocycles. The summed E-state index contributed by atoms with van der Waals surface area (Å²) in [5.74, 6) is -1.30. The first-order chi connectivity index (χ1) is 12.4. The minimum atomic E-state index is -2.57. The quantitative estimate of drug-likeness (QED) is 0.700. The third-order valence-electron chi connectivity index (χ3n) is 3.60. The summed E-state index contributed by atoms with van der Waals surface area (Å²) in [5, 5.41) is 7.34. The molecule has 3 rings (SSSR count). The number of pyridine rings is 1. The number of anilines is 2. The van der Waals surface area contributed by atoms with Crippen molar-refractivity contribution < 1.29 is 22.7 Å². The lowest BCUT2D eigenvalue weighted by Crippen LogP contribution is -2.14. The lowest BCUT2D eigenvalue weighted by atomic mass is 10.2. The predicted octanol–water partition coefficient (Wildman–Crippen LogP) is 2.69. The lowest BCUT2D eigenvalue weighted by Gasteiger charge is -2.09. The second kappa shape index (κ2) is 6.90. The molecule has 3 aromatic rings. The van der Waals surface area contributed by atoms with E-state index in [9.17, 15) is 18.0 Å². The van der Waals surface area contributed by atoms with Crippen LogP contribution in [0.3, 0.4) is 0 Å². The Balaban J connectivity index is 2.01. The third kappa shape index (κ3) is 3.39. The Kier molecular flexibility index (Phi) is 4.65. The van der Waals surface area contributed by atoms with Crippen molar-refractivity contribution in [2.45, 2.75) is 13.0 Å². The van der Waals surface area contributed by atoms with E-state index in [1.54, 1.807) is 18.2 Å². The highest BCUT2D eigenvalue weighted by molar-refractivity contribution is 5.98. The van der Waals surface area contributed by atoms with Gasteiger partial charge in [-0.15, -0.1) is 5.10 Å². The van der Waals surface area contributed by atoms with Gasteiger partial charge in [0.2, 0.25) is 5.88 Å². The summed E-state index contributed by atoms with van der Waals surface area (Å²) in [4.78, 5) is 15.3. The van der Waals surface area contributed by atoms with Gasteiger partial charge >= 0.3 is 0 Å². The van der Waals surface area contributed by atoms with Crippen LogP contribution in [0.4, 0.5) is 24.7 Å². The normalized spacial score (nSPS) is 11.1. The summed E-state index contributed by atoms with van der Waals surface area (Å²) in [6, 6.07) is 5.72. The SMILES string of the molecule is COc1nn(CC(F)F)c2ccc(Nc3ncc(F)cc3C(N)=O)cc12. The number of hydrogen-bond acceptors (Lipinski definition) is 5. The summed E-state index contributed by atoms with van der Waals surface area (Å²) >= 11 is 0. The maximum absolute atomic E-state index is 13.3. The average molecular weight is 365 g/mol. The molecule has 0 radical (unpaired) electrons. The molecule has 0 aliphatic carbocycles. The maximum Gasteiger partial charge on any atom is 0.257 e. The van der Waals surface area contributed by atoms with Crippen LogP contribution < -0.4 is 15.8 Å². The second-order valence-electron chi connectivity index (χ2n) is 5.35. The highest BCUT2D eigenvalue weighted by Crippen LogP contribution is 2.30. The third-order valence-corrected chi connectivity index (χ3v) is 3.60. The number of nitrogens with two attached hydrogens (primary N) is 1. The Morgan fingerprint density at radius 3 is 2.81 bits per heavy atom. The van der Waals surface area contributed by atoms with Crippen LogP contribution in [0.25, 0.3) is 10.9 Å². The lowest BCUT2D eigenvalue weighted by molar-refractivity contribution is 0.1000. The van der Waals surface area contributed by atoms with Gasteiger partial charge in [0.1, 0.15) is 18.2 Å². The van der Waals surface area contributed by atoms with Crippen LogP contribution in [0.2, 0.25) is 0 Å². The molecule has 2 heterocycles. The average Bonchev–Trinajstić information content (AvgIpc) is 2.92. The standard InChI is InChI=1S/C16H14F3N5O2/c1-26-16-10-5-9(2-3-12(10)24(23-16)7-13(18)19)22-15-11(14(20)25)4-8(17)6-21-15/h2-6,13H,7H2,1H3,(H2,20,25)(H,21,22). The predicted molar refractivity (Wildman–Crippen MR) is 88.3 cm³/mol. The molecular formula is C16H14F3N5O2. The summed E-state index contributed by atoms with van der Waals surface area (Å²) in [5.41, 5.74) is 6.03. The van der Waals surface area contributed by atoms with E-state index < -0.39 is 24.7 Å². The highest BCUT2D eigenvalue weighted by atomic mass is 19.3. The van der Waals surface area contributed by atoms with Crippen LogP contribution in [0, 0.1) is 5.82 Å². The Morgan fingerprint density at radius 1 is 1.38 bits per heavy atom. The van der Waals surface area contributed by atoms with Crippen LogP contribution in [0.5, 0.6) is 5.88 Å². The highest BCUT2D eigenvalue weighted by Gasteiger charge is 2.16. The first-order valence-electron chi connectivity index (χ1n) is 7.44. The number of carbonyl (C=O) groups is 1. The van der Waals surface area contributed by atoms with Gasteiger partial charge in [-0.05, 0) is 24.3 Å². The summed E-state index contributed by atoms with van der Waals surface area (Å²) in [6.45, 7) is -0.571. The molecule has 10 heteroatoms. The van der Waals surface area contributed by atoms with Crippen LogP contribution in [-0.2, 0) is 6.54 Å². The fraction of sp³-hybridized carbons (Fsp3) is 0.188. The Labute approximate surface area is 145 Å². The van der Waals surface area contributed by atoms with Crippen molar-refractivity contribution in [2.24, 2.45) is 5.73 Å². The number of benzene rings is 1. The van der Waals surface area contributed by atoms with Gasteiger partial charge in [-0.25, -0.2) is 18.2 Å². The van der Waals surface area contributed by atoms with Crippen molar-refractivity contribution in [2.75, 3.05) is 12.4 Å². The number of fused-ring (bicyclic) bond motifs is 1. The number of nitrogens with zero attached hydrogens (tertiary/aromatic N) is 3. The molecule has 3 N–H and O–H groups in total. The summed E-state index contributed by atoms with van der Waals surface area (Å²) in [6.07, 6.45) is -1.63. The number of alkyl halides is 2. The van der Waals surface area contributed by atoms with Crippen LogP contribution in [0.1, 0.15) is 10.4 Å². The molecule has 1 aromatic carbocycles. The Hall–Kier alpha value is -3.30. The number of halogens is 3. The topological polar surface area (TPSA) is 95.1 Å². The minimum Gasteiger partial charge on any atom is -0.479 e. The molecule has 0 spiro atoms. The second-order valence-corrected chi connectivity index (χ2v) is 5.35. The van der Waals surface area contributed by atoms with Gasteiger partial charge in [0.05, 0.1) is 29.8 Å². The Bertz CT molecular complexity index is 974. The van der Waals surface area contributed by atoms with Gasteiger partial charge in [0.25, 0.3) is 12.3 Å². The number of methoxy groups -OCH3 is 1. The number of carbonyl (C=O) groups excluding carboxylic acids is 1. The van der Waals surface area contributed by atoms with Crippen molar-refractivity contribution in [1.29, 1.82) is 0 Å². The number of rotatable bonds is 6. The van der Waals surface area contributed by atoms with E-state index in [-0.39, 0.29) is 17.3 Å². The van der Waals surface area contributed by atoms with E-state index in [1.165, 1.54) is 7.11 Å². The number of ether oxygens (including phenoxy) is 1. The molecule has 0 saturated carbocycles. The van der Waals surface area contributed by atoms with E-state index in [0.29, 0.717) is 16.6 Å². The molecule has 2 aromatic heterocycles. The minimum absolute atomic E-state index is 0.0668. The zero-order valence-corrected chi connectivity index (χ0v) is 13.5. The van der Waals surface area contributed by atoms with Gasteiger partial charge < -0.3 is 15.8 Å². The van der Waals surface area contributed by atoms with Gasteiger partial charge in [0.15, 0.2) is 0 Å². The van der Waals surface area contributed by atoms with Gasteiger partial charge in [-0.3, -0.25) is 9.48 Å². The molecule has 0 bridgehead atoms. The first-order valence-corrected chi connectivity index (χ1v) is 7.44. The molecule has 7 nitrogen and oxygen atoms in total. The molecule has 1 amide bonds. The monoisotopic (exact) mass is 365 g/mol. The number of aromatic nitrogens is 3. The van der Waals surface area contributed by atoms with E-state index in [2.05, 4.69) is 15.4 Å². The van der Waals surface area contributed by atoms with E-state index in [4.69, 9.17) is 10.5 Å². The number of primary amides is 1. The molecule has 26 heavy (non-hydrogen) atoms. The molecular weight excluding hydrogens is 351 g/mol. The van der Waals surface area contributed by atoms with Crippen LogP contribution >= 0.6 is 0 Å². The van der Waals surface area contributed by atoms with E-state index in [1.807, 2.05) is 0 Å². The van der Waals surface area contributed by atoms with Crippen LogP contribution in [-0.4, -0.2) is 34.2 Å². The number of hydrogen-bond donors (Lipinski definition) is 2. The Morgan fingerprint density at radius 2 is 2.15 bits per heavy atom. The molecule has 136 valence electrons. The molecule has 0 aliphatic heterocycles. The zero-order chi connectivity index (χ0) is 18.8. The van der Waals surface area contributed by atoms with E-state index in [0.717, 1.165) is 16.9 Å². The van der Waals surface area contributed by atoms with Crippen molar-refractivity contribution in [1.82, 2.24) is 14.8 Å². The van der Waals surface area contributed by atoms with Gasteiger partial charge in [-0.1, -0.05) is 0 Å². The maximum atomic E-state index is 13.3. The first kappa shape index (κ1) is 17.5. The number of nitrogens with one attached hydrogen (secondary N) is 1. The fourth-order valence-electron chi connectivity index (χ4n) is 2.51. The van der Waals surface area contributed by atoms with Crippen LogP contribution in [0.15, 0.2) is 30.5 Å². The zero-order valence-electron chi connectivity index (χ0n) is 13.5. The molecule has 0 fully saturated rings. The largest absolute Gasteiger partial charge is 0.479 e. The van der Waals surface area contributed by atoms with Crippen molar-refractivity contribution in [3.8, 4) is 5.88 Å². The van der Waals surface area contributed by atoms with Gasteiger partial charge in [0, 0.05) is 5.69 Å². The van der Waals surface area contributed by atoms with Crippen molar-refractivity contribution >= 4 is 28.3 Å². The molecule has 0 atom stereocenters. The smallest absolute Gasteiger partial charge is 0.257 e.